The van der Waals surface area contributed by atoms with Crippen molar-refractivity contribution in [2.45, 2.75) is 23.7 Å². The fourth-order valence-electron chi connectivity index (χ4n) is 2.06. The van der Waals surface area contributed by atoms with Crippen LogP contribution in [0.3, 0.4) is 0 Å². The Morgan fingerprint density at radius 2 is 2.28 bits per heavy atom. The molecule has 18 heavy (non-hydrogen) atoms. The van der Waals surface area contributed by atoms with Crippen molar-refractivity contribution in [3.05, 3.63) is 18.0 Å². The number of alkyl halides is 1. The highest BCUT2D eigenvalue weighted by molar-refractivity contribution is 7.89. The standard InChI is InChI=1S/C11H17ClN2O3S/c1-9-8-17-4-3-14(9)18(15,16)11-5-10(6-12)13(2)7-11/h5,7,9H,3-4,6,8H2,1-2H3. The molecule has 1 aliphatic rings. The molecule has 0 N–H and O–H groups in total. The number of aromatic nitrogens is 1. The number of sulfonamides is 1. The predicted octanol–water partition coefficient (Wildman–Crippen LogP) is 1.17. The SMILES string of the molecule is CC1COCCN1S(=O)(=O)c1cc(CCl)n(C)c1. The third-order valence-corrected chi connectivity index (χ3v) is 5.39. The first-order valence-electron chi connectivity index (χ1n) is 5.77. The van der Waals surface area contributed by atoms with E-state index in [-0.39, 0.29) is 6.04 Å². The minimum atomic E-state index is -3.45. The van der Waals surface area contributed by atoms with Crippen molar-refractivity contribution in [1.29, 1.82) is 0 Å². The Morgan fingerprint density at radius 1 is 1.56 bits per heavy atom. The Morgan fingerprint density at radius 3 is 2.83 bits per heavy atom. The van der Waals surface area contributed by atoms with Crippen molar-refractivity contribution in [3.8, 4) is 0 Å². The molecule has 7 heteroatoms. The van der Waals surface area contributed by atoms with E-state index in [2.05, 4.69) is 0 Å². The average molecular weight is 293 g/mol. The molecular formula is C11H17ClN2O3S. The van der Waals surface area contributed by atoms with Crippen LogP contribution in [0, 0.1) is 0 Å². The highest BCUT2D eigenvalue weighted by Crippen LogP contribution is 2.22. The Bertz CT molecular complexity index is 526. The summed E-state index contributed by atoms with van der Waals surface area (Å²) in [5.74, 6) is 0.296. The summed E-state index contributed by atoms with van der Waals surface area (Å²) in [6.45, 7) is 3.13. The molecule has 0 amide bonds. The Kier molecular flexibility index (Phi) is 4.01. The molecule has 1 saturated heterocycles. The van der Waals surface area contributed by atoms with Gasteiger partial charge in [0, 0.05) is 31.5 Å². The average Bonchev–Trinajstić information content (AvgIpc) is 2.71. The summed E-state index contributed by atoms with van der Waals surface area (Å²) in [6.07, 6.45) is 1.61. The number of nitrogens with zero attached hydrogens (tertiary/aromatic N) is 2. The lowest BCUT2D eigenvalue weighted by molar-refractivity contribution is 0.0393. The Labute approximate surface area is 112 Å². The minimum Gasteiger partial charge on any atom is -0.378 e. The highest BCUT2D eigenvalue weighted by atomic mass is 35.5. The number of rotatable bonds is 3. The van der Waals surface area contributed by atoms with Crippen LogP contribution in [-0.2, 0) is 27.7 Å². The Hall–Kier alpha value is -0.560. The molecule has 102 valence electrons. The van der Waals surface area contributed by atoms with Gasteiger partial charge in [-0.05, 0) is 13.0 Å². The number of hydrogen-bond acceptors (Lipinski definition) is 3. The summed E-state index contributed by atoms with van der Waals surface area (Å²) in [5.41, 5.74) is 0.788. The monoisotopic (exact) mass is 292 g/mol. The Balaban J connectivity index is 2.34. The first-order chi connectivity index (χ1) is 8.46. The van der Waals surface area contributed by atoms with Crippen molar-refractivity contribution in [3.63, 3.8) is 0 Å². The van der Waals surface area contributed by atoms with Gasteiger partial charge in [0.25, 0.3) is 0 Å². The van der Waals surface area contributed by atoms with Gasteiger partial charge in [0.2, 0.25) is 10.0 Å². The molecule has 1 aliphatic heterocycles. The maximum absolute atomic E-state index is 12.5. The second kappa shape index (κ2) is 5.21. The quantitative estimate of drug-likeness (QED) is 0.786. The van der Waals surface area contributed by atoms with E-state index in [0.29, 0.717) is 30.5 Å². The molecule has 1 unspecified atom stereocenters. The molecule has 2 rings (SSSR count). The molecule has 5 nitrogen and oxygen atoms in total. The zero-order valence-electron chi connectivity index (χ0n) is 10.5. The van der Waals surface area contributed by atoms with Gasteiger partial charge < -0.3 is 9.30 Å². The van der Waals surface area contributed by atoms with Crippen molar-refractivity contribution in [2.24, 2.45) is 7.05 Å². The van der Waals surface area contributed by atoms with Crippen LogP contribution in [0.5, 0.6) is 0 Å². The van der Waals surface area contributed by atoms with Crippen LogP contribution in [0.1, 0.15) is 12.6 Å². The largest absolute Gasteiger partial charge is 0.378 e. The van der Waals surface area contributed by atoms with Crippen LogP contribution in [0.25, 0.3) is 0 Å². The summed E-state index contributed by atoms with van der Waals surface area (Å²) in [6, 6.07) is 1.49. The topological polar surface area (TPSA) is 51.5 Å². The number of ether oxygens (including phenoxy) is 1. The van der Waals surface area contributed by atoms with Gasteiger partial charge >= 0.3 is 0 Å². The summed E-state index contributed by atoms with van der Waals surface area (Å²) in [5, 5.41) is 0. The summed E-state index contributed by atoms with van der Waals surface area (Å²) < 4.78 is 33.5. The molecule has 1 fully saturated rings. The van der Waals surface area contributed by atoms with Crippen LogP contribution < -0.4 is 0 Å². The lowest BCUT2D eigenvalue weighted by atomic mass is 10.3. The van der Waals surface area contributed by atoms with Gasteiger partial charge in [0.15, 0.2) is 0 Å². The number of morpholine rings is 1. The molecule has 1 atom stereocenters. The number of hydrogen-bond donors (Lipinski definition) is 0. The smallest absolute Gasteiger partial charge is 0.244 e. The first kappa shape index (κ1) is 13.9. The molecule has 0 aromatic carbocycles. The molecule has 1 aromatic heterocycles. The van der Waals surface area contributed by atoms with E-state index in [1.165, 1.54) is 4.31 Å². The van der Waals surface area contributed by atoms with Gasteiger partial charge in [-0.3, -0.25) is 0 Å². The summed E-state index contributed by atoms with van der Waals surface area (Å²) in [4.78, 5) is 0.300. The van der Waals surface area contributed by atoms with Gasteiger partial charge in [-0.2, -0.15) is 4.31 Å². The zero-order chi connectivity index (χ0) is 13.3. The second-order valence-electron chi connectivity index (χ2n) is 4.45. The predicted molar refractivity (Wildman–Crippen MR) is 69.1 cm³/mol. The van der Waals surface area contributed by atoms with Gasteiger partial charge in [-0.25, -0.2) is 8.42 Å². The summed E-state index contributed by atoms with van der Waals surface area (Å²) in [7, 11) is -1.66. The second-order valence-corrected chi connectivity index (χ2v) is 6.61. The molecule has 2 heterocycles. The zero-order valence-corrected chi connectivity index (χ0v) is 12.0. The van der Waals surface area contributed by atoms with Crippen molar-refractivity contribution < 1.29 is 13.2 Å². The van der Waals surface area contributed by atoms with Crippen LogP contribution in [0.4, 0.5) is 0 Å². The van der Waals surface area contributed by atoms with Crippen molar-refractivity contribution >= 4 is 21.6 Å². The van der Waals surface area contributed by atoms with E-state index in [1.54, 1.807) is 23.9 Å². The van der Waals surface area contributed by atoms with E-state index >= 15 is 0 Å². The fraction of sp³-hybridized carbons (Fsp3) is 0.636. The van der Waals surface area contributed by atoms with Crippen molar-refractivity contribution in [2.75, 3.05) is 19.8 Å². The van der Waals surface area contributed by atoms with Gasteiger partial charge in [-0.1, -0.05) is 0 Å². The molecular weight excluding hydrogens is 276 g/mol. The molecule has 1 aromatic rings. The van der Waals surface area contributed by atoms with Crippen LogP contribution >= 0.6 is 11.6 Å². The van der Waals surface area contributed by atoms with Crippen LogP contribution in [0.15, 0.2) is 17.2 Å². The van der Waals surface area contributed by atoms with E-state index in [4.69, 9.17) is 16.3 Å². The lowest BCUT2D eigenvalue weighted by Crippen LogP contribution is -2.46. The summed E-state index contributed by atoms with van der Waals surface area (Å²) >= 11 is 5.76. The fourth-order valence-corrected chi connectivity index (χ4v) is 4.02. The van der Waals surface area contributed by atoms with E-state index in [0.717, 1.165) is 5.69 Å². The van der Waals surface area contributed by atoms with Crippen LogP contribution in [-0.4, -0.2) is 43.1 Å². The third-order valence-electron chi connectivity index (χ3n) is 3.13. The maximum atomic E-state index is 12.5. The lowest BCUT2D eigenvalue weighted by Gasteiger charge is -2.31. The number of aryl methyl sites for hydroxylation is 1. The maximum Gasteiger partial charge on any atom is 0.244 e. The highest BCUT2D eigenvalue weighted by Gasteiger charge is 2.32. The molecule has 0 saturated carbocycles. The van der Waals surface area contributed by atoms with E-state index in [1.807, 2.05) is 6.92 Å². The van der Waals surface area contributed by atoms with Gasteiger partial charge in [-0.15, -0.1) is 11.6 Å². The van der Waals surface area contributed by atoms with E-state index in [9.17, 15) is 8.42 Å². The first-order valence-corrected chi connectivity index (χ1v) is 7.75. The van der Waals surface area contributed by atoms with Gasteiger partial charge in [0.1, 0.15) is 4.90 Å². The van der Waals surface area contributed by atoms with Gasteiger partial charge in [0.05, 0.1) is 19.1 Å². The molecule has 0 spiro atoms. The molecule has 0 radical (unpaired) electrons. The normalized spacial score (nSPS) is 22.3. The molecule has 0 aliphatic carbocycles. The van der Waals surface area contributed by atoms with E-state index < -0.39 is 10.0 Å². The van der Waals surface area contributed by atoms with Crippen molar-refractivity contribution in [1.82, 2.24) is 8.87 Å². The third kappa shape index (κ3) is 2.42. The number of halogens is 1. The molecule has 0 bridgehead atoms. The minimum absolute atomic E-state index is 0.136. The van der Waals surface area contributed by atoms with Crippen LogP contribution in [0.2, 0.25) is 0 Å².